The topological polar surface area (TPSA) is 72.0 Å². The first kappa shape index (κ1) is 14.0. The second-order valence-corrected chi connectivity index (χ2v) is 7.64. The summed E-state index contributed by atoms with van der Waals surface area (Å²) in [6, 6.07) is 6.86. The van der Waals surface area contributed by atoms with Crippen molar-refractivity contribution in [3.8, 4) is 0 Å². The first-order chi connectivity index (χ1) is 8.79. The molecule has 0 aliphatic carbocycles. The van der Waals surface area contributed by atoms with Gasteiger partial charge >= 0.3 is 0 Å². The van der Waals surface area contributed by atoms with Crippen LogP contribution in [0.5, 0.6) is 0 Å². The first-order valence-electron chi connectivity index (χ1n) is 5.68. The second kappa shape index (κ2) is 4.90. The molecule has 5 nitrogen and oxygen atoms in total. The van der Waals surface area contributed by atoms with Crippen LogP contribution in [0.25, 0.3) is 0 Å². The summed E-state index contributed by atoms with van der Waals surface area (Å²) < 4.78 is 26.6. The SMILES string of the molecule is CC(C)(C)c1ccc(S(=O)(=O)Nc2nncs2)cc1. The van der Waals surface area contributed by atoms with Gasteiger partial charge in [-0.15, -0.1) is 10.2 Å². The molecule has 0 saturated heterocycles. The third-order valence-electron chi connectivity index (χ3n) is 2.61. The average molecular weight is 297 g/mol. The van der Waals surface area contributed by atoms with E-state index in [-0.39, 0.29) is 15.4 Å². The van der Waals surface area contributed by atoms with E-state index in [9.17, 15) is 8.42 Å². The fourth-order valence-corrected chi connectivity index (χ4v) is 3.22. The van der Waals surface area contributed by atoms with E-state index in [0.717, 1.165) is 16.9 Å². The Kier molecular flexibility index (Phi) is 3.60. The predicted molar refractivity (Wildman–Crippen MR) is 75.9 cm³/mol. The molecule has 7 heteroatoms. The summed E-state index contributed by atoms with van der Waals surface area (Å²) >= 11 is 1.14. The maximum Gasteiger partial charge on any atom is 0.263 e. The second-order valence-electron chi connectivity index (χ2n) is 5.12. The quantitative estimate of drug-likeness (QED) is 0.945. The number of sulfonamides is 1. The number of hydrogen-bond donors (Lipinski definition) is 1. The average Bonchev–Trinajstić information content (AvgIpc) is 2.80. The summed E-state index contributed by atoms with van der Waals surface area (Å²) in [5.74, 6) is 0. The Morgan fingerprint density at radius 2 is 1.79 bits per heavy atom. The third kappa shape index (κ3) is 3.30. The van der Waals surface area contributed by atoms with Gasteiger partial charge in [0, 0.05) is 0 Å². The maximum absolute atomic E-state index is 12.1. The normalized spacial score (nSPS) is 12.4. The molecule has 0 spiro atoms. The molecule has 0 unspecified atom stereocenters. The van der Waals surface area contributed by atoms with Crippen molar-refractivity contribution in [3.63, 3.8) is 0 Å². The fourth-order valence-electron chi connectivity index (χ4n) is 1.53. The van der Waals surface area contributed by atoms with E-state index in [1.807, 2.05) is 12.1 Å². The summed E-state index contributed by atoms with van der Waals surface area (Å²) in [5, 5.41) is 7.51. The van der Waals surface area contributed by atoms with E-state index in [4.69, 9.17) is 0 Å². The van der Waals surface area contributed by atoms with Crippen LogP contribution in [0.1, 0.15) is 26.3 Å². The predicted octanol–water partition coefficient (Wildman–Crippen LogP) is 2.64. The number of rotatable bonds is 3. The summed E-state index contributed by atoms with van der Waals surface area (Å²) in [6.45, 7) is 6.24. The van der Waals surface area contributed by atoms with Crippen LogP contribution in [0.4, 0.5) is 5.13 Å². The number of nitrogens with one attached hydrogen (secondary N) is 1. The monoisotopic (exact) mass is 297 g/mol. The van der Waals surface area contributed by atoms with Gasteiger partial charge in [0.15, 0.2) is 0 Å². The Balaban J connectivity index is 2.27. The van der Waals surface area contributed by atoms with Crippen molar-refractivity contribution >= 4 is 26.5 Å². The molecule has 0 fully saturated rings. The lowest BCUT2D eigenvalue weighted by atomic mass is 9.87. The minimum absolute atomic E-state index is 0.00501. The van der Waals surface area contributed by atoms with Crippen molar-refractivity contribution < 1.29 is 8.42 Å². The lowest BCUT2D eigenvalue weighted by Crippen LogP contribution is -2.14. The Morgan fingerprint density at radius 1 is 1.16 bits per heavy atom. The summed E-state index contributed by atoms with van der Waals surface area (Å²) in [6.07, 6.45) is 0. The number of benzene rings is 1. The molecular formula is C12H15N3O2S2. The molecule has 2 aromatic rings. The van der Waals surface area contributed by atoms with Gasteiger partial charge in [0.2, 0.25) is 5.13 Å². The highest BCUT2D eigenvalue weighted by Crippen LogP contribution is 2.24. The highest BCUT2D eigenvalue weighted by molar-refractivity contribution is 7.93. The van der Waals surface area contributed by atoms with Crippen LogP contribution in [0.2, 0.25) is 0 Å². The highest BCUT2D eigenvalue weighted by atomic mass is 32.2. The van der Waals surface area contributed by atoms with Crippen molar-refractivity contribution in [2.24, 2.45) is 0 Å². The zero-order valence-electron chi connectivity index (χ0n) is 10.9. The van der Waals surface area contributed by atoms with E-state index in [1.54, 1.807) is 12.1 Å². The van der Waals surface area contributed by atoms with E-state index in [1.165, 1.54) is 5.51 Å². The molecular weight excluding hydrogens is 282 g/mol. The van der Waals surface area contributed by atoms with Gasteiger partial charge < -0.3 is 0 Å². The molecule has 0 radical (unpaired) electrons. The van der Waals surface area contributed by atoms with Crippen molar-refractivity contribution in [2.75, 3.05) is 4.72 Å². The minimum atomic E-state index is -3.59. The van der Waals surface area contributed by atoms with Gasteiger partial charge in [-0.2, -0.15) is 0 Å². The van der Waals surface area contributed by atoms with Crippen LogP contribution >= 0.6 is 11.3 Å². The molecule has 1 aromatic carbocycles. The Morgan fingerprint density at radius 3 is 2.26 bits per heavy atom. The zero-order valence-corrected chi connectivity index (χ0v) is 12.5. The number of anilines is 1. The highest BCUT2D eigenvalue weighted by Gasteiger charge is 2.18. The number of aromatic nitrogens is 2. The lowest BCUT2D eigenvalue weighted by molar-refractivity contribution is 0.587. The van der Waals surface area contributed by atoms with Crippen molar-refractivity contribution in [2.45, 2.75) is 31.1 Å². The standard InChI is InChI=1S/C12H15N3O2S2/c1-12(2,3)9-4-6-10(7-5-9)19(16,17)15-11-14-13-8-18-11/h4-8H,1-3H3,(H,14,15). The van der Waals surface area contributed by atoms with Crippen molar-refractivity contribution in [3.05, 3.63) is 35.3 Å². The number of nitrogens with zero attached hydrogens (tertiary/aromatic N) is 2. The molecule has 0 atom stereocenters. The molecule has 0 amide bonds. The molecule has 1 heterocycles. The van der Waals surface area contributed by atoms with Gasteiger partial charge in [-0.3, -0.25) is 4.72 Å². The number of hydrogen-bond acceptors (Lipinski definition) is 5. The molecule has 0 aliphatic rings. The molecule has 0 saturated carbocycles. The van der Waals surface area contributed by atoms with Crippen LogP contribution < -0.4 is 4.72 Å². The van der Waals surface area contributed by atoms with Gasteiger partial charge in [-0.1, -0.05) is 44.2 Å². The summed E-state index contributed by atoms with van der Waals surface area (Å²) in [4.78, 5) is 0.218. The van der Waals surface area contributed by atoms with E-state index in [0.29, 0.717) is 0 Å². The maximum atomic E-state index is 12.1. The fraction of sp³-hybridized carbons (Fsp3) is 0.333. The smallest absolute Gasteiger partial charge is 0.253 e. The van der Waals surface area contributed by atoms with Crippen LogP contribution in [-0.4, -0.2) is 18.6 Å². The minimum Gasteiger partial charge on any atom is -0.253 e. The van der Waals surface area contributed by atoms with Gasteiger partial charge in [0.1, 0.15) is 5.51 Å². The van der Waals surface area contributed by atoms with E-state index < -0.39 is 10.0 Å². The third-order valence-corrected chi connectivity index (χ3v) is 4.70. The largest absolute Gasteiger partial charge is 0.263 e. The van der Waals surface area contributed by atoms with Gasteiger partial charge in [-0.25, -0.2) is 8.42 Å². The van der Waals surface area contributed by atoms with Gasteiger partial charge in [0.25, 0.3) is 10.0 Å². The van der Waals surface area contributed by atoms with Crippen LogP contribution in [0, 0.1) is 0 Å². The molecule has 19 heavy (non-hydrogen) atoms. The Bertz CT molecular complexity index is 641. The first-order valence-corrected chi connectivity index (χ1v) is 8.05. The van der Waals surface area contributed by atoms with Crippen LogP contribution in [0.15, 0.2) is 34.7 Å². The van der Waals surface area contributed by atoms with Gasteiger partial charge in [-0.05, 0) is 23.1 Å². The van der Waals surface area contributed by atoms with Crippen LogP contribution in [-0.2, 0) is 15.4 Å². The molecule has 2 rings (SSSR count). The molecule has 102 valence electrons. The summed E-state index contributed by atoms with van der Waals surface area (Å²) in [7, 11) is -3.59. The molecule has 0 bridgehead atoms. The van der Waals surface area contributed by atoms with Gasteiger partial charge in [0.05, 0.1) is 4.90 Å². The zero-order chi connectivity index (χ0) is 14.1. The van der Waals surface area contributed by atoms with E-state index >= 15 is 0 Å². The Labute approximate surface area is 116 Å². The van der Waals surface area contributed by atoms with Crippen molar-refractivity contribution in [1.82, 2.24) is 10.2 Å². The molecule has 1 aromatic heterocycles. The van der Waals surface area contributed by atoms with Crippen molar-refractivity contribution in [1.29, 1.82) is 0 Å². The summed E-state index contributed by atoms with van der Waals surface area (Å²) in [5.41, 5.74) is 2.55. The van der Waals surface area contributed by atoms with Crippen LogP contribution in [0.3, 0.4) is 0 Å². The molecule has 0 aliphatic heterocycles. The Hall–Kier alpha value is -1.47. The molecule has 1 N–H and O–H groups in total. The van der Waals surface area contributed by atoms with E-state index in [2.05, 4.69) is 35.7 Å². The lowest BCUT2D eigenvalue weighted by Gasteiger charge is -2.19.